The van der Waals surface area contributed by atoms with Gasteiger partial charge in [0.05, 0.1) is 25.2 Å². The Labute approximate surface area is 128 Å². The number of hydrogen-bond acceptors (Lipinski definition) is 5. The lowest BCUT2D eigenvalue weighted by molar-refractivity contribution is -0.139. The predicted octanol–water partition coefficient (Wildman–Crippen LogP) is 2.19. The zero-order valence-electron chi connectivity index (χ0n) is 12.8. The minimum absolute atomic E-state index is 0.0317. The molecule has 0 spiro atoms. The maximum Gasteiger partial charge on any atom is 0.310 e. The second-order valence-electron chi connectivity index (χ2n) is 5.20. The summed E-state index contributed by atoms with van der Waals surface area (Å²) in [5.74, 6) is -0.789. The highest BCUT2D eigenvalue weighted by Crippen LogP contribution is 2.29. The number of ether oxygens (including phenoxy) is 1. The van der Waals surface area contributed by atoms with E-state index in [1.807, 2.05) is 0 Å². The number of rotatable bonds is 5. The molecule has 2 N–H and O–H groups in total. The van der Waals surface area contributed by atoms with E-state index in [9.17, 15) is 14.3 Å². The summed E-state index contributed by atoms with van der Waals surface area (Å²) in [6.07, 6.45) is -0.549. The molecule has 0 fully saturated rings. The number of methoxy groups -OCH3 is 1. The number of aliphatic hydroxyl groups is 1. The van der Waals surface area contributed by atoms with Crippen LogP contribution in [0.3, 0.4) is 0 Å². The van der Waals surface area contributed by atoms with Crippen molar-refractivity contribution in [3.63, 3.8) is 0 Å². The largest absolute Gasteiger partial charge is 0.469 e. The summed E-state index contributed by atoms with van der Waals surface area (Å²) in [5, 5.41) is 13.1. The molecule has 0 aliphatic carbocycles. The molecule has 1 atom stereocenters. The zero-order valence-corrected chi connectivity index (χ0v) is 12.8. The number of benzene rings is 1. The molecular formula is C16H19FN2O3. The Hall–Kier alpha value is -2.21. The maximum atomic E-state index is 13.6. The molecule has 0 amide bonds. The highest BCUT2D eigenvalue weighted by molar-refractivity contribution is 5.95. The topological polar surface area (TPSA) is 71.5 Å². The zero-order chi connectivity index (χ0) is 16.3. The van der Waals surface area contributed by atoms with E-state index in [0.717, 1.165) is 0 Å². The van der Waals surface area contributed by atoms with E-state index in [1.165, 1.54) is 19.2 Å². The molecule has 2 aromatic rings. The average molecular weight is 306 g/mol. The van der Waals surface area contributed by atoms with E-state index in [-0.39, 0.29) is 18.8 Å². The quantitative estimate of drug-likeness (QED) is 0.829. The number of aryl methyl sites for hydroxylation is 1. The molecule has 1 aromatic carbocycles. The molecule has 2 rings (SSSR count). The molecule has 0 saturated carbocycles. The normalized spacial score (nSPS) is 12.2. The van der Waals surface area contributed by atoms with Crippen LogP contribution in [-0.4, -0.2) is 35.8 Å². The molecule has 0 radical (unpaired) electrons. The number of hydrogen-bond donors (Lipinski definition) is 2. The van der Waals surface area contributed by atoms with Gasteiger partial charge in [-0.2, -0.15) is 0 Å². The first-order chi connectivity index (χ1) is 10.4. The molecule has 0 saturated heterocycles. The molecule has 0 aliphatic heterocycles. The number of nitrogens with zero attached hydrogens (tertiary/aromatic N) is 1. The van der Waals surface area contributed by atoms with Crippen molar-refractivity contribution >= 4 is 22.6 Å². The van der Waals surface area contributed by atoms with Crippen molar-refractivity contribution in [3.8, 4) is 0 Å². The van der Waals surface area contributed by atoms with Crippen molar-refractivity contribution in [1.82, 2.24) is 4.98 Å². The van der Waals surface area contributed by atoms with Gasteiger partial charge in [-0.1, -0.05) is 0 Å². The van der Waals surface area contributed by atoms with E-state index in [2.05, 4.69) is 10.3 Å². The van der Waals surface area contributed by atoms with Crippen molar-refractivity contribution in [2.75, 3.05) is 19.0 Å². The Morgan fingerprint density at radius 2 is 2.23 bits per heavy atom. The summed E-state index contributed by atoms with van der Waals surface area (Å²) >= 11 is 0. The fraction of sp³-hybridized carbons (Fsp3) is 0.375. The summed E-state index contributed by atoms with van der Waals surface area (Å²) in [5.41, 5.74) is 2.54. The van der Waals surface area contributed by atoms with Crippen LogP contribution < -0.4 is 5.32 Å². The van der Waals surface area contributed by atoms with Gasteiger partial charge in [-0.25, -0.2) is 4.39 Å². The Morgan fingerprint density at radius 1 is 1.50 bits per heavy atom. The van der Waals surface area contributed by atoms with E-state index < -0.39 is 12.1 Å². The monoisotopic (exact) mass is 306 g/mol. The molecule has 1 heterocycles. The number of aromatic nitrogens is 1. The molecular weight excluding hydrogens is 287 g/mol. The van der Waals surface area contributed by atoms with E-state index >= 15 is 0 Å². The first-order valence-electron chi connectivity index (χ1n) is 7.00. The minimum Gasteiger partial charge on any atom is -0.469 e. The SMILES string of the molecule is COC(=O)Cc1c(C)nc2ccc(F)cc2c1NCC(C)O. The van der Waals surface area contributed by atoms with Crippen molar-refractivity contribution in [2.45, 2.75) is 26.4 Å². The van der Waals surface area contributed by atoms with E-state index in [0.29, 0.717) is 27.8 Å². The highest BCUT2D eigenvalue weighted by atomic mass is 19.1. The maximum absolute atomic E-state index is 13.6. The van der Waals surface area contributed by atoms with Crippen molar-refractivity contribution in [3.05, 3.63) is 35.3 Å². The number of halogens is 1. The van der Waals surface area contributed by atoms with Crippen molar-refractivity contribution in [2.24, 2.45) is 0 Å². The van der Waals surface area contributed by atoms with Gasteiger partial charge in [0.1, 0.15) is 5.82 Å². The molecule has 6 heteroatoms. The second-order valence-corrected chi connectivity index (χ2v) is 5.20. The fourth-order valence-electron chi connectivity index (χ4n) is 2.28. The summed E-state index contributed by atoms with van der Waals surface area (Å²) in [7, 11) is 1.31. The second kappa shape index (κ2) is 6.70. The third kappa shape index (κ3) is 3.51. The summed E-state index contributed by atoms with van der Waals surface area (Å²) in [6, 6.07) is 4.30. The van der Waals surface area contributed by atoms with Gasteiger partial charge in [0.15, 0.2) is 0 Å². The molecule has 1 unspecified atom stereocenters. The lowest BCUT2D eigenvalue weighted by atomic mass is 10.0. The summed E-state index contributed by atoms with van der Waals surface area (Å²) in [4.78, 5) is 16.0. The first-order valence-corrected chi connectivity index (χ1v) is 7.00. The fourth-order valence-corrected chi connectivity index (χ4v) is 2.28. The van der Waals surface area contributed by atoms with Crippen molar-refractivity contribution in [1.29, 1.82) is 0 Å². The van der Waals surface area contributed by atoms with Crippen LogP contribution in [-0.2, 0) is 16.0 Å². The van der Waals surface area contributed by atoms with Gasteiger partial charge in [-0.3, -0.25) is 9.78 Å². The Kier molecular flexibility index (Phi) is 4.92. The molecule has 118 valence electrons. The third-order valence-corrected chi connectivity index (χ3v) is 3.38. The number of carbonyl (C=O) groups excluding carboxylic acids is 1. The highest BCUT2D eigenvalue weighted by Gasteiger charge is 2.17. The third-order valence-electron chi connectivity index (χ3n) is 3.38. The number of fused-ring (bicyclic) bond motifs is 1. The van der Waals surface area contributed by atoms with Crippen LogP contribution in [0.5, 0.6) is 0 Å². The molecule has 5 nitrogen and oxygen atoms in total. The lowest BCUT2D eigenvalue weighted by Gasteiger charge is -2.17. The van der Waals surface area contributed by atoms with Crippen molar-refractivity contribution < 1.29 is 19.0 Å². The Morgan fingerprint density at radius 3 is 2.86 bits per heavy atom. The number of carbonyl (C=O) groups is 1. The van der Waals surface area contributed by atoms with Gasteiger partial charge >= 0.3 is 5.97 Å². The summed E-state index contributed by atoms with van der Waals surface area (Å²) < 4.78 is 18.3. The van der Waals surface area contributed by atoms with E-state index in [1.54, 1.807) is 19.9 Å². The number of esters is 1. The Balaban J connectivity index is 2.60. The smallest absolute Gasteiger partial charge is 0.310 e. The van der Waals surface area contributed by atoms with Crippen LogP contribution in [0, 0.1) is 12.7 Å². The van der Waals surface area contributed by atoms with Gasteiger partial charge in [0.25, 0.3) is 0 Å². The van der Waals surface area contributed by atoms with Crippen LogP contribution in [0.1, 0.15) is 18.2 Å². The molecule has 22 heavy (non-hydrogen) atoms. The van der Waals surface area contributed by atoms with Gasteiger partial charge in [0.2, 0.25) is 0 Å². The van der Waals surface area contributed by atoms with Gasteiger partial charge in [-0.15, -0.1) is 0 Å². The van der Waals surface area contributed by atoms with Crippen LogP contribution in [0.15, 0.2) is 18.2 Å². The number of anilines is 1. The number of nitrogens with one attached hydrogen (secondary N) is 1. The number of pyridine rings is 1. The minimum atomic E-state index is -0.581. The summed E-state index contributed by atoms with van der Waals surface area (Å²) in [6.45, 7) is 3.71. The standard InChI is InChI=1S/C16H19FN2O3/c1-9(20)8-18-16-12(7-15(21)22-3)10(2)19-14-5-4-11(17)6-13(14)16/h4-6,9,20H,7-8H2,1-3H3,(H,18,19). The first kappa shape index (κ1) is 16.2. The van der Waals surface area contributed by atoms with Crippen LogP contribution >= 0.6 is 0 Å². The average Bonchev–Trinajstić information content (AvgIpc) is 2.47. The number of aliphatic hydroxyl groups excluding tert-OH is 1. The van der Waals surface area contributed by atoms with Crippen LogP contribution in [0.2, 0.25) is 0 Å². The van der Waals surface area contributed by atoms with Gasteiger partial charge in [-0.05, 0) is 32.0 Å². The molecule has 0 aliphatic rings. The lowest BCUT2D eigenvalue weighted by Crippen LogP contribution is -2.18. The molecule has 0 bridgehead atoms. The van der Waals surface area contributed by atoms with Crippen LogP contribution in [0.25, 0.3) is 10.9 Å². The van der Waals surface area contributed by atoms with Gasteiger partial charge < -0.3 is 15.2 Å². The van der Waals surface area contributed by atoms with E-state index in [4.69, 9.17) is 4.74 Å². The molecule has 1 aromatic heterocycles. The predicted molar refractivity (Wildman–Crippen MR) is 82.3 cm³/mol. The van der Waals surface area contributed by atoms with Crippen LogP contribution in [0.4, 0.5) is 10.1 Å². The Bertz CT molecular complexity index is 701. The van der Waals surface area contributed by atoms with Gasteiger partial charge in [0, 0.05) is 28.9 Å².